The van der Waals surface area contributed by atoms with E-state index in [4.69, 9.17) is 4.74 Å². The number of ether oxygens (including phenoxy) is 1. The predicted octanol–water partition coefficient (Wildman–Crippen LogP) is 1.03. The number of aliphatic hydroxyl groups is 1. The van der Waals surface area contributed by atoms with Crippen molar-refractivity contribution in [2.24, 2.45) is 0 Å². The van der Waals surface area contributed by atoms with Crippen LogP contribution in [0.5, 0.6) is 5.75 Å². The molecule has 1 aliphatic rings. The van der Waals surface area contributed by atoms with E-state index < -0.39 is 0 Å². The lowest BCUT2D eigenvalue weighted by Crippen LogP contribution is -2.45. The van der Waals surface area contributed by atoms with Crippen LogP contribution in [0.3, 0.4) is 0 Å². The normalized spacial score (nSPS) is 18.4. The van der Waals surface area contributed by atoms with Gasteiger partial charge in [-0.1, -0.05) is 0 Å². The molecule has 0 radical (unpaired) electrons. The molecule has 0 unspecified atom stereocenters. The van der Waals surface area contributed by atoms with E-state index in [0.29, 0.717) is 26.1 Å². The van der Waals surface area contributed by atoms with E-state index in [1.807, 2.05) is 30.1 Å². The van der Waals surface area contributed by atoms with E-state index in [1.165, 1.54) is 0 Å². The number of benzene rings is 1. The first-order valence-electron chi connectivity index (χ1n) is 8.72. The number of aromatic nitrogens is 2. The number of H-pyrrole nitrogens is 1. The number of piperidine rings is 1. The predicted molar refractivity (Wildman–Crippen MR) is 95.7 cm³/mol. The van der Waals surface area contributed by atoms with Gasteiger partial charge in [0.1, 0.15) is 11.6 Å². The number of carbonyl (C=O) groups is 1. The summed E-state index contributed by atoms with van der Waals surface area (Å²) in [4.78, 5) is 23.9. The first-order chi connectivity index (χ1) is 12.0. The van der Waals surface area contributed by atoms with Gasteiger partial charge in [0.15, 0.2) is 0 Å². The van der Waals surface area contributed by atoms with Crippen LogP contribution in [0.15, 0.2) is 18.2 Å². The second-order valence-electron chi connectivity index (χ2n) is 6.66. The molecule has 1 amide bonds. The Labute approximate surface area is 147 Å². The lowest BCUT2D eigenvalue weighted by atomic mass is 10.1. The Bertz CT molecular complexity index is 730. The molecule has 2 N–H and O–H groups in total. The molecule has 3 rings (SSSR count). The number of β-amino-alcohol motifs (C(OH)–C–C–N with tert-alkyl or cyclic N) is 1. The SMILES string of the molecule is COc1ccc2nc(CCN(C)C(=O)CN3CCC[C@@H](O)C3)[nH]c2c1. The third-order valence-corrected chi connectivity index (χ3v) is 4.69. The lowest BCUT2D eigenvalue weighted by molar-refractivity contribution is -0.131. The smallest absolute Gasteiger partial charge is 0.236 e. The number of nitrogens with zero attached hydrogens (tertiary/aromatic N) is 3. The zero-order chi connectivity index (χ0) is 17.8. The van der Waals surface area contributed by atoms with E-state index in [1.54, 1.807) is 12.0 Å². The molecule has 2 aromatic rings. The maximum Gasteiger partial charge on any atom is 0.236 e. The molecule has 1 aliphatic heterocycles. The molecule has 1 aromatic carbocycles. The van der Waals surface area contributed by atoms with Gasteiger partial charge in [-0.2, -0.15) is 0 Å². The highest BCUT2D eigenvalue weighted by molar-refractivity contribution is 5.78. The average molecular weight is 346 g/mol. The Kier molecular flexibility index (Phi) is 5.55. The van der Waals surface area contributed by atoms with Gasteiger partial charge >= 0.3 is 0 Å². The molecule has 0 saturated carbocycles. The summed E-state index contributed by atoms with van der Waals surface area (Å²) in [5.74, 6) is 1.72. The Morgan fingerprint density at radius 3 is 3.12 bits per heavy atom. The number of hydrogen-bond acceptors (Lipinski definition) is 5. The Hall–Kier alpha value is -2.12. The highest BCUT2D eigenvalue weighted by Gasteiger charge is 2.21. The molecule has 1 aromatic heterocycles. The van der Waals surface area contributed by atoms with Gasteiger partial charge in [-0.15, -0.1) is 0 Å². The van der Waals surface area contributed by atoms with Gasteiger partial charge in [0, 0.05) is 32.6 Å². The van der Waals surface area contributed by atoms with Gasteiger partial charge in [0.05, 0.1) is 30.8 Å². The topological polar surface area (TPSA) is 81.7 Å². The number of hydrogen-bond donors (Lipinski definition) is 2. The first kappa shape index (κ1) is 17.7. The highest BCUT2D eigenvalue weighted by atomic mass is 16.5. The van der Waals surface area contributed by atoms with Crippen molar-refractivity contribution < 1.29 is 14.6 Å². The number of fused-ring (bicyclic) bond motifs is 1. The standard InChI is InChI=1S/C18H26N4O3/c1-21(18(24)12-22-8-3-4-13(23)11-22)9-7-17-19-15-6-5-14(25-2)10-16(15)20-17/h5-6,10,13,23H,3-4,7-9,11-12H2,1-2H3,(H,19,20)/t13-/m1/s1. The Morgan fingerprint density at radius 1 is 1.52 bits per heavy atom. The van der Waals surface area contributed by atoms with Gasteiger partial charge in [-0.05, 0) is 31.5 Å². The summed E-state index contributed by atoms with van der Waals surface area (Å²) >= 11 is 0. The minimum Gasteiger partial charge on any atom is -0.497 e. The molecule has 0 aliphatic carbocycles. The van der Waals surface area contributed by atoms with Crippen LogP contribution in [0.25, 0.3) is 11.0 Å². The Morgan fingerprint density at radius 2 is 2.36 bits per heavy atom. The number of aliphatic hydroxyl groups excluding tert-OH is 1. The quantitative estimate of drug-likeness (QED) is 0.816. The summed E-state index contributed by atoms with van der Waals surface area (Å²) in [5.41, 5.74) is 1.83. The van der Waals surface area contributed by atoms with Crippen molar-refractivity contribution >= 4 is 16.9 Å². The van der Waals surface area contributed by atoms with Crippen molar-refractivity contribution in [2.75, 3.05) is 40.3 Å². The van der Waals surface area contributed by atoms with E-state index >= 15 is 0 Å². The van der Waals surface area contributed by atoms with Crippen molar-refractivity contribution in [3.8, 4) is 5.75 Å². The molecule has 7 heteroatoms. The molecule has 1 atom stereocenters. The van der Waals surface area contributed by atoms with Crippen LogP contribution in [-0.2, 0) is 11.2 Å². The molecule has 136 valence electrons. The van der Waals surface area contributed by atoms with Gasteiger partial charge < -0.3 is 19.7 Å². The second kappa shape index (κ2) is 7.84. The minimum atomic E-state index is -0.306. The van der Waals surface area contributed by atoms with Crippen molar-refractivity contribution in [3.63, 3.8) is 0 Å². The number of amides is 1. The van der Waals surface area contributed by atoms with Crippen molar-refractivity contribution in [1.29, 1.82) is 0 Å². The number of aromatic amines is 1. The number of likely N-dealkylation sites (tertiary alicyclic amines) is 1. The van der Waals surface area contributed by atoms with Gasteiger partial charge in [-0.3, -0.25) is 9.69 Å². The van der Waals surface area contributed by atoms with E-state index in [9.17, 15) is 9.90 Å². The number of likely N-dealkylation sites (N-methyl/N-ethyl adjacent to an activating group) is 1. The third kappa shape index (κ3) is 4.49. The van der Waals surface area contributed by atoms with Crippen LogP contribution in [0.4, 0.5) is 0 Å². The van der Waals surface area contributed by atoms with Crippen molar-refractivity contribution in [2.45, 2.75) is 25.4 Å². The molecule has 1 fully saturated rings. The van der Waals surface area contributed by atoms with Crippen molar-refractivity contribution in [1.82, 2.24) is 19.8 Å². The summed E-state index contributed by atoms with van der Waals surface area (Å²) in [6, 6.07) is 5.72. The molecule has 1 saturated heterocycles. The number of nitrogens with one attached hydrogen (secondary N) is 1. The molecule has 2 heterocycles. The fourth-order valence-electron chi connectivity index (χ4n) is 3.17. The van der Waals surface area contributed by atoms with Gasteiger partial charge in [0.2, 0.25) is 5.91 Å². The maximum atomic E-state index is 12.4. The summed E-state index contributed by atoms with van der Waals surface area (Å²) in [6.45, 7) is 2.43. The van der Waals surface area contributed by atoms with Crippen LogP contribution >= 0.6 is 0 Å². The summed E-state index contributed by atoms with van der Waals surface area (Å²) in [7, 11) is 3.45. The molecule has 0 spiro atoms. The lowest BCUT2D eigenvalue weighted by Gasteiger charge is -2.30. The van der Waals surface area contributed by atoms with E-state index in [-0.39, 0.29) is 12.0 Å². The van der Waals surface area contributed by atoms with Crippen molar-refractivity contribution in [3.05, 3.63) is 24.0 Å². The average Bonchev–Trinajstić information content (AvgIpc) is 3.01. The maximum absolute atomic E-state index is 12.4. The van der Waals surface area contributed by atoms with Crippen LogP contribution in [-0.4, -0.2) is 77.2 Å². The number of methoxy groups -OCH3 is 1. The van der Waals surface area contributed by atoms with Crippen LogP contribution in [0.1, 0.15) is 18.7 Å². The molecule has 7 nitrogen and oxygen atoms in total. The molecular formula is C18H26N4O3. The zero-order valence-electron chi connectivity index (χ0n) is 14.9. The fourth-order valence-corrected chi connectivity index (χ4v) is 3.17. The van der Waals surface area contributed by atoms with Crippen LogP contribution in [0, 0.1) is 0 Å². The number of imidazole rings is 1. The van der Waals surface area contributed by atoms with Gasteiger partial charge in [0.25, 0.3) is 0 Å². The number of carbonyl (C=O) groups excluding carboxylic acids is 1. The first-order valence-corrected chi connectivity index (χ1v) is 8.72. The highest BCUT2D eigenvalue weighted by Crippen LogP contribution is 2.19. The van der Waals surface area contributed by atoms with E-state index in [2.05, 4.69) is 9.97 Å². The fraction of sp³-hybridized carbons (Fsp3) is 0.556. The minimum absolute atomic E-state index is 0.0758. The van der Waals surface area contributed by atoms with E-state index in [0.717, 1.165) is 42.0 Å². The van der Waals surface area contributed by atoms with Crippen LogP contribution < -0.4 is 4.74 Å². The molecule has 25 heavy (non-hydrogen) atoms. The molecule has 0 bridgehead atoms. The van der Waals surface area contributed by atoms with Gasteiger partial charge in [-0.25, -0.2) is 4.98 Å². The second-order valence-corrected chi connectivity index (χ2v) is 6.66. The summed E-state index contributed by atoms with van der Waals surface area (Å²) in [6.07, 6.45) is 2.14. The monoisotopic (exact) mass is 346 g/mol. The summed E-state index contributed by atoms with van der Waals surface area (Å²) < 4.78 is 5.22. The van der Waals surface area contributed by atoms with Crippen LogP contribution in [0.2, 0.25) is 0 Å². The third-order valence-electron chi connectivity index (χ3n) is 4.69. The Balaban J connectivity index is 1.52. The zero-order valence-corrected chi connectivity index (χ0v) is 14.9. The number of rotatable bonds is 6. The molecular weight excluding hydrogens is 320 g/mol. The largest absolute Gasteiger partial charge is 0.497 e. The summed E-state index contributed by atoms with van der Waals surface area (Å²) in [5, 5.41) is 9.70.